The molecule has 0 aliphatic carbocycles. The van der Waals surface area contributed by atoms with Crippen LogP contribution in [0.1, 0.15) is 16.1 Å². The third kappa shape index (κ3) is 2.08. The molecule has 0 spiro atoms. The monoisotopic (exact) mass is 322 g/mol. The largest absolute Gasteiger partial charge is 0.477 e. The summed E-state index contributed by atoms with van der Waals surface area (Å²) in [5.74, 6) is -3.77. The Morgan fingerprint density at radius 2 is 2.00 bits per heavy atom. The normalized spacial score (nSPS) is 11.0. The Morgan fingerprint density at radius 1 is 1.32 bits per heavy atom. The summed E-state index contributed by atoms with van der Waals surface area (Å²) in [6.07, 6.45) is 1.10. The van der Waals surface area contributed by atoms with E-state index >= 15 is 0 Å². The second-order valence-electron chi connectivity index (χ2n) is 4.57. The molecule has 0 saturated heterocycles. The van der Waals surface area contributed by atoms with Crippen LogP contribution < -0.4 is 5.43 Å². The lowest BCUT2D eigenvalue weighted by atomic mass is 10.1. The fourth-order valence-electron chi connectivity index (χ4n) is 2.17. The van der Waals surface area contributed by atoms with E-state index < -0.39 is 28.6 Å². The van der Waals surface area contributed by atoms with Gasteiger partial charge in [-0.25, -0.2) is 18.6 Å². The topological polar surface area (TPSA) is 72.2 Å². The molecule has 0 atom stereocenters. The number of thiazole rings is 1. The number of carboxylic acid groups (broad SMARTS) is 1. The number of aromatic nitrogens is 2. The van der Waals surface area contributed by atoms with Crippen molar-refractivity contribution in [3.8, 4) is 5.00 Å². The molecule has 0 aliphatic heterocycles. The van der Waals surface area contributed by atoms with Crippen molar-refractivity contribution in [1.29, 1.82) is 0 Å². The van der Waals surface area contributed by atoms with Crippen LogP contribution in [0, 0.1) is 18.6 Å². The molecule has 0 radical (unpaired) electrons. The van der Waals surface area contributed by atoms with Crippen LogP contribution in [0.15, 0.2) is 28.6 Å². The van der Waals surface area contributed by atoms with Crippen LogP contribution in [-0.2, 0) is 0 Å². The van der Waals surface area contributed by atoms with E-state index in [0.717, 1.165) is 12.3 Å². The Bertz CT molecular complexity index is 978. The van der Waals surface area contributed by atoms with Gasteiger partial charge in [0, 0.05) is 12.3 Å². The average Bonchev–Trinajstić information content (AvgIpc) is 2.87. The van der Waals surface area contributed by atoms with Crippen LogP contribution in [0.5, 0.6) is 0 Å². The molecule has 8 heteroatoms. The van der Waals surface area contributed by atoms with Crippen molar-refractivity contribution in [2.75, 3.05) is 0 Å². The van der Waals surface area contributed by atoms with E-state index in [9.17, 15) is 18.4 Å². The molecule has 0 amide bonds. The highest BCUT2D eigenvalue weighted by molar-refractivity contribution is 7.12. The molecule has 0 saturated carbocycles. The summed E-state index contributed by atoms with van der Waals surface area (Å²) in [6.45, 7) is 1.69. The van der Waals surface area contributed by atoms with E-state index in [1.165, 1.54) is 21.4 Å². The first-order valence-corrected chi connectivity index (χ1v) is 6.96. The molecule has 1 aromatic carbocycles. The molecule has 5 nitrogen and oxygen atoms in total. The minimum Gasteiger partial charge on any atom is -0.477 e. The Labute approximate surface area is 126 Å². The maximum atomic E-state index is 13.5. The highest BCUT2D eigenvalue weighted by Gasteiger charge is 2.19. The number of benzene rings is 1. The molecule has 0 bridgehead atoms. The second kappa shape index (κ2) is 4.99. The van der Waals surface area contributed by atoms with Crippen LogP contribution in [0.2, 0.25) is 0 Å². The van der Waals surface area contributed by atoms with Crippen molar-refractivity contribution in [3.05, 3.63) is 57.0 Å². The zero-order valence-corrected chi connectivity index (χ0v) is 11.9. The molecule has 112 valence electrons. The smallest absolute Gasteiger partial charge is 0.341 e. The number of carboxylic acids is 1. The molecule has 2 heterocycles. The van der Waals surface area contributed by atoms with Crippen LogP contribution in [0.25, 0.3) is 15.9 Å². The molecule has 0 unspecified atom stereocenters. The van der Waals surface area contributed by atoms with Gasteiger partial charge in [0.15, 0.2) is 11.6 Å². The van der Waals surface area contributed by atoms with Crippen LogP contribution in [0.3, 0.4) is 0 Å². The maximum absolute atomic E-state index is 13.5. The Balaban J connectivity index is 2.53. The van der Waals surface area contributed by atoms with Crippen molar-refractivity contribution in [1.82, 2.24) is 9.55 Å². The number of halogens is 2. The third-order valence-electron chi connectivity index (χ3n) is 3.22. The summed E-state index contributed by atoms with van der Waals surface area (Å²) in [4.78, 5) is 27.4. The number of hydrogen-bond donors (Lipinski definition) is 1. The van der Waals surface area contributed by atoms with E-state index in [2.05, 4.69) is 4.98 Å². The van der Waals surface area contributed by atoms with E-state index in [1.807, 2.05) is 0 Å². The molecule has 22 heavy (non-hydrogen) atoms. The van der Waals surface area contributed by atoms with Gasteiger partial charge in [-0.2, -0.15) is 0 Å². The predicted octanol–water partition coefficient (Wildman–Crippen LogP) is 2.73. The lowest BCUT2D eigenvalue weighted by Crippen LogP contribution is -2.18. The van der Waals surface area contributed by atoms with Crippen LogP contribution in [-0.4, -0.2) is 20.6 Å². The highest BCUT2D eigenvalue weighted by Crippen LogP contribution is 2.25. The second-order valence-corrected chi connectivity index (χ2v) is 5.41. The molecule has 0 fully saturated rings. The van der Waals surface area contributed by atoms with Gasteiger partial charge in [-0.3, -0.25) is 4.79 Å². The van der Waals surface area contributed by atoms with Crippen molar-refractivity contribution < 1.29 is 18.7 Å². The van der Waals surface area contributed by atoms with Gasteiger partial charge < -0.3 is 9.67 Å². The molecule has 3 rings (SSSR count). The SMILES string of the molecule is Cc1ncsc1-n1cc(C(=O)O)c(=O)c2cc(F)c(F)cc21. The molecule has 2 aromatic heterocycles. The lowest BCUT2D eigenvalue weighted by Gasteiger charge is -2.11. The molecule has 1 N–H and O–H groups in total. The summed E-state index contributed by atoms with van der Waals surface area (Å²) in [5, 5.41) is 9.47. The van der Waals surface area contributed by atoms with E-state index in [-0.39, 0.29) is 10.9 Å². The zero-order chi connectivity index (χ0) is 16.0. The first-order chi connectivity index (χ1) is 10.4. The first kappa shape index (κ1) is 14.3. The van der Waals surface area contributed by atoms with E-state index in [0.29, 0.717) is 16.8 Å². The van der Waals surface area contributed by atoms with Crippen molar-refractivity contribution in [2.24, 2.45) is 0 Å². The minimum atomic E-state index is -1.44. The fraction of sp³-hybridized carbons (Fsp3) is 0.0714. The summed E-state index contributed by atoms with van der Waals surface area (Å²) in [7, 11) is 0. The van der Waals surface area contributed by atoms with Gasteiger partial charge >= 0.3 is 5.97 Å². The maximum Gasteiger partial charge on any atom is 0.341 e. The number of rotatable bonds is 2. The number of pyridine rings is 1. The Kier molecular flexibility index (Phi) is 3.25. The van der Waals surface area contributed by atoms with Gasteiger partial charge in [-0.1, -0.05) is 0 Å². The Morgan fingerprint density at radius 3 is 2.59 bits per heavy atom. The molecule has 0 aliphatic rings. The summed E-state index contributed by atoms with van der Waals surface area (Å²) in [5.41, 5.74) is 0.818. The van der Waals surface area contributed by atoms with Crippen molar-refractivity contribution >= 4 is 28.2 Å². The number of hydrogen-bond acceptors (Lipinski definition) is 4. The predicted molar refractivity (Wildman–Crippen MR) is 76.8 cm³/mol. The average molecular weight is 322 g/mol. The summed E-state index contributed by atoms with van der Waals surface area (Å²) in [6, 6.07) is 1.59. The van der Waals surface area contributed by atoms with Gasteiger partial charge in [-0.05, 0) is 13.0 Å². The summed E-state index contributed by atoms with van der Waals surface area (Å²) >= 11 is 1.19. The zero-order valence-electron chi connectivity index (χ0n) is 11.1. The quantitative estimate of drug-likeness (QED) is 0.787. The van der Waals surface area contributed by atoms with E-state index in [1.54, 1.807) is 6.92 Å². The highest BCUT2D eigenvalue weighted by atomic mass is 32.1. The van der Waals surface area contributed by atoms with Gasteiger partial charge in [0.2, 0.25) is 5.43 Å². The summed E-state index contributed by atoms with van der Waals surface area (Å²) < 4.78 is 28.3. The van der Waals surface area contributed by atoms with Crippen molar-refractivity contribution in [3.63, 3.8) is 0 Å². The van der Waals surface area contributed by atoms with Crippen molar-refractivity contribution in [2.45, 2.75) is 6.92 Å². The fourth-order valence-corrected chi connectivity index (χ4v) is 2.97. The van der Waals surface area contributed by atoms with Gasteiger partial charge in [0.25, 0.3) is 0 Å². The number of fused-ring (bicyclic) bond motifs is 1. The Hall–Kier alpha value is -2.61. The van der Waals surface area contributed by atoms with Gasteiger partial charge in [0.05, 0.1) is 22.1 Å². The molecular weight excluding hydrogens is 314 g/mol. The number of aryl methyl sites for hydroxylation is 1. The number of aromatic carboxylic acids is 1. The third-order valence-corrected chi connectivity index (χ3v) is 4.14. The minimum absolute atomic E-state index is 0.0845. The first-order valence-electron chi connectivity index (χ1n) is 6.08. The molecular formula is C14H8F2N2O3S. The van der Waals surface area contributed by atoms with Crippen LogP contribution >= 0.6 is 11.3 Å². The van der Waals surface area contributed by atoms with Gasteiger partial charge in [0.1, 0.15) is 10.6 Å². The van der Waals surface area contributed by atoms with Crippen LogP contribution in [0.4, 0.5) is 8.78 Å². The lowest BCUT2D eigenvalue weighted by molar-refractivity contribution is 0.0695. The number of nitrogens with zero attached hydrogens (tertiary/aromatic N) is 2. The molecule has 3 aromatic rings. The van der Waals surface area contributed by atoms with Gasteiger partial charge in [-0.15, -0.1) is 11.3 Å². The standard InChI is InChI=1S/C14H8F2N2O3S/c1-6-13(22-5-17-6)18-4-8(14(20)21)12(19)7-2-9(15)10(16)3-11(7)18/h2-5H,1H3,(H,20,21). The number of carbonyl (C=O) groups is 1. The van der Waals surface area contributed by atoms with E-state index in [4.69, 9.17) is 5.11 Å².